The molecule has 0 saturated heterocycles. The molecule has 0 aromatic carbocycles. The molecule has 0 bridgehead atoms. The Bertz CT molecular complexity index is 199. The molecule has 0 heterocycles. The molecule has 0 spiro atoms. The highest BCUT2D eigenvalue weighted by atomic mass is 16.4. The molecule has 1 saturated carbocycles. The van der Waals surface area contributed by atoms with Crippen LogP contribution < -0.4 is 5.32 Å². The summed E-state index contributed by atoms with van der Waals surface area (Å²) < 4.78 is 0. The minimum Gasteiger partial charge on any atom is -0.481 e. The van der Waals surface area contributed by atoms with Gasteiger partial charge in [0.1, 0.15) is 0 Å². The van der Waals surface area contributed by atoms with E-state index in [0.29, 0.717) is 12.3 Å². The van der Waals surface area contributed by atoms with E-state index >= 15 is 0 Å². The minimum atomic E-state index is -0.871. The third-order valence-electron chi connectivity index (χ3n) is 2.36. The van der Waals surface area contributed by atoms with Gasteiger partial charge in [0.2, 0.25) is 5.91 Å². The summed E-state index contributed by atoms with van der Waals surface area (Å²) in [5.41, 5.74) is 0. The standard InChI is InChI=1S/C9H15NO3/c11-8(6-7-2-1-3-7)10-5-4-9(12)13/h7H,1-6H2,(H,10,11)(H,12,13). The molecular formula is C9H15NO3. The maximum absolute atomic E-state index is 11.1. The van der Waals surface area contributed by atoms with Gasteiger partial charge in [-0.2, -0.15) is 0 Å². The van der Waals surface area contributed by atoms with E-state index in [1.165, 1.54) is 6.42 Å². The summed E-state index contributed by atoms with van der Waals surface area (Å²) in [6.07, 6.45) is 4.10. The lowest BCUT2D eigenvalue weighted by Gasteiger charge is -2.24. The number of hydrogen-bond acceptors (Lipinski definition) is 2. The molecule has 0 aromatic rings. The second kappa shape index (κ2) is 4.84. The molecule has 0 unspecified atom stereocenters. The van der Waals surface area contributed by atoms with Crippen LogP contribution in [0.3, 0.4) is 0 Å². The second-order valence-corrected chi connectivity index (χ2v) is 3.49. The minimum absolute atomic E-state index is 0.00838. The van der Waals surface area contributed by atoms with Gasteiger partial charge in [-0.15, -0.1) is 0 Å². The summed E-state index contributed by atoms with van der Waals surface area (Å²) in [4.78, 5) is 21.2. The number of rotatable bonds is 5. The van der Waals surface area contributed by atoms with E-state index in [9.17, 15) is 9.59 Å². The van der Waals surface area contributed by atoms with Gasteiger partial charge in [0.05, 0.1) is 6.42 Å². The summed E-state index contributed by atoms with van der Waals surface area (Å²) in [6, 6.07) is 0. The first-order valence-electron chi connectivity index (χ1n) is 4.67. The van der Waals surface area contributed by atoms with Gasteiger partial charge in [-0.05, 0) is 18.8 Å². The van der Waals surface area contributed by atoms with Gasteiger partial charge in [-0.25, -0.2) is 0 Å². The highest BCUT2D eigenvalue weighted by Gasteiger charge is 2.20. The van der Waals surface area contributed by atoms with Gasteiger partial charge in [0.15, 0.2) is 0 Å². The van der Waals surface area contributed by atoms with E-state index in [4.69, 9.17) is 5.11 Å². The van der Waals surface area contributed by atoms with Gasteiger partial charge >= 0.3 is 5.97 Å². The van der Waals surface area contributed by atoms with Crippen molar-refractivity contribution in [2.45, 2.75) is 32.1 Å². The average Bonchev–Trinajstić information content (AvgIpc) is 1.96. The first-order valence-corrected chi connectivity index (χ1v) is 4.67. The number of hydrogen-bond donors (Lipinski definition) is 2. The summed E-state index contributed by atoms with van der Waals surface area (Å²) >= 11 is 0. The van der Waals surface area contributed by atoms with E-state index < -0.39 is 5.97 Å². The highest BCUT2D eigenvalue weighted by Crippen LogP contribution is 2.28. The van der Waals surface area contributed by atoms with E-state index in [0.717, 1.165) is 12.8 Å². The number of carbonyl (C=O) groups excluding carboxylic acids is 1. The van der Waals surface area contributed by atoms with Crippen LogP contribution in [0.25, 0.3) is 0 Å². The van der Waals surface area contributed by atoms with Crippen LogP contribution in [0, 0.1) is 5.92 Å². The molecule has 0 aliphatic heterocycles. The van der Waals surface area contributed by atoms with Gasteiger partial charge in [-0.1, -0.05) is 6.42 Å². The fourth-order valence-electron chi connectivity index (χ4n) is 1.34. The normalized spacial score (nSPS) is 16.3. The maximum Gasteiger partial charge on any atom is 0.305 e. The topological polar surface area (TPSA) is 66.4 Å². The summed E-state index contributed by atoms with van der Waals surface area (Å²) in [6.45, 7) is 0.251. The molecule has 13 heavy (non-hydrogen) atoms. The van der Waals surface area contributed by atoms with Crippen molar-refractivity contribution in [3.05, 3.63) is 0 Å². The molecule has 0 atom stereocenters. The van der Waals surface area contributed by atoms with Crippen molar-refractivity contribution >= 4 is 11.9 Å². The maximum atomic E-state index is 11.1. The Hall–Kier alpha value is -1.06. The first kappa shape index (κ1) is 10.0. The van der Waals surface area contributed by atoms with Crippen molar-refractivity contribution < 1.29 is 14.7 Å². The van der Waals surface area contributed by atoms with Crippen LogP contribution >= 0.6 is 0 Å². The molecule has 1 amide bonds. The van der Waals surface area contributed by atoms with Crippen LogP contribution in [-0.2, 0) is 9.59 Å². The lowest BCUT2D eigenvalue weighted by molar-refractivity contribution is -0.136. The molecule has 1 fully saturated rings. The summed E-state index contributed by atoms with van der Waals surface area (Å²) in [7, 11) is 0. The van der Waals surface area contributed by atoms with Gasteiger partial charge < -0.3 is 10.4 Å². The van der Waals surface area contributed by atoms with Crippen molar-refractivity contribution in [2.24, 2.45) is 5.92 Å². The summed E-state index contributed by atoms with van der Waals surface area (Å²) in [5.74, 6) is -0.334. The third kappa shape index (κ3) is 3.92. The van der Waals surface area contributed by atoms with Gasteiger partial charge in [0.25, 0.3) is 0 Å². The predicted octanol–water partition coefficient (Wildman–Crippen LogP) is 0.767. The molecule has 4 nitrogen and oxygen atoms in total. The van der Waals surface area contributed by atoms with Crippen LogP contribution in [-0.4, -0.2) is 23.5 Å². The third-order valence-corrected chi connectivity index (χ3v) is 2.36. The molecule has 1 rings (SSSR count). The quantitative estimate of drug-likeness (QED) is 0.664. The van der Waals surface area contributed by atoms with Crippen molar-refractivity contribution in [3.8, 4) is 0 Å². The Labute approximate surface area is 77.3 Å². The fraction of sp³-hybridized carbons (Fsp3) is 0.778. The van der Waals surface area contributed by atoms with E-state index in [2.05, 4.69) is 5.32 Å². The molecule has 4 heteroatoms. The molecular weight excluding hydrogens is 170 g/mol. The van der Waals surface area contributed by atoms with E-state index in [-0.39, 0.29) is 18.9 Å². The lowest BCUT2D eigenvalue weighted by atomic mass is 9.83. The molecule has 0 aromatic heterocycles. The number of aliphatic carboxylic acids is 1. The number of carboxylic acid groups (broad SMARTS) is 1. The largest absolute Gasteiger partial charge is 0.481 e. The van der Waals surface area contributed by atoms with Crippen LogP contribution in [0.15, 0.2) is 0 Å². The molecule has 74 valence electrons. The second-order valence-electron chi connectivity index (χ2n) is 3.49. The predicted molar refractivity (Wildman–Crippen MR) is 47.2 cm³/mol. The van der Waals surface area contributed by atoms with E-state index in [1.54, 1.807) is 0 Å². The monoisotopic (exact) mass is 185 g/mol. The zero-order chi connectivity index (χ0) is 9.68. The van der Waals surface area contributed by atoms with Crippen LogP contribution in [0.4, 0.5) is 0 Å². The lowest BCUT2D eigenvalue weighted by Crippen LogP contribution is -2.29. The number of carbonyl (C=O) groups is 2. The Morgan fingerprint density at radius 1 is 1.38 bits per heavy atom. The van der Waals surface area contributed by atoms with E-state index in [1.807, 2.05) is 0 Å². The van der Waals surface area contributed by atoms with Crippen molar-refractivity contribution in [2.75, 3.05) is 6.54 Å². The number of nitrogens with one attached hydrogen (secondary N) is 1. The fourth-order valence-corrected chi connectivity index (χ4v) is 1.34. The van der Waals surface area contributed by atoms with Gasteiger partial charge in [0, 0.05) is 13.0 Å². The summed E-state index contributed by atoms with van der Waals surface area (Å²) in [5, 5.41) is 10.9. The number of carboxylic acids is 1. The van der Waals surface area contributed by atoms with Crippen molar-refractivity contribution in [3.63, 3.8) is 0 Å². The van der Waals surface area contributed by atoms with Crippen molar-refractivity contribution in [1.82, 2.24) is 5.32 Å². The first-order chi connectivity index (χ1) is 6.18. The SMILES string of the molecule is O=C(O)CCNC(=O)CC1CCC1. The van der Waals surface area contributed by atoms with Gasteiger partial charge in [-0.3, -0.25) is 9.59 Å². The van der Waals surface area contributed by atoms with Crippen LogP contribution in [0.1, 0.15) is 32.1 Å². The Balaban J connectivity index is 2.00. The zero-order valence-corrected chi connectivity index (χ0v) is 7.58. The molecule has 0 radical (unpaired) electrons. The Kier molecular flexibility index (Phi) is 3.73. The molecule has 1 aliphatic carbocycles. The highest BCUT2D eigenvalue weighted by molar-refractivity contribution is 5.77. The van der Waals surface area contributed by atoms with Crippen molar-refractivity contribution in [1.29, 1.82) is 0 Å². The molecule has 2 N–H and O–H groups in total. The zero-order valence-electron chi connectivity index (χ0n) is 7.58. The molecule has 1 aliphatic rings. The van der Waals surface area contributed by atoms with Crippen LogP contribution in [0.5, 0.6) is 0 Å². The average molecular weight is 185 g/mol. The Morgan fingerprint density at radius 3 is 2.54 bits per heavy atom. The smallest absolute Gasteiger partial charge is 0.305 e. The number of amides is 1. The van der Waals surface area contributed by atoms with Crippen LogP contribution in [0.2, 0.25) is 0 Å². The Morgan fingerprint density at radius 2 is 2.08 bits per heavy atom.